The fraction of sp³-hybridized carbons (Fsp3) is 0.929. The highest BCUT2D eigenvalue weighted by atomic mass is 16.5. The van der Waals surface area contributed by atoms with Gasteiger partial charge in [-0.15, -0.1) is 0 Å². The van der Waals surface area contributed by atoms with E-state index in [2.05, 4.69) is 13.8 Å². The fourth-order valence-electron chi connectivity index (χ4n) is 2.62. The largest absolute Gasteiger partial charge is 0.387 e. The minimum atomic E-state index is -0.230. The van der Waals surface area contributed by atoms with Crippen molar-refractivity contribution < 1.29 is 4.74 Å². The molecule has 1 rings (SSSR count). The lowest BCUT2D eigenvalue weighted by Crippen LogP contribution is -2.33. The van der Waals surface area contributed by atoms with Gasteiger partial charge >= 0.3 is 0 Å². The summed E-state index contributed by atoms with van der Waals surface area (Å²) >= 11 is 0. The topological polar surface area (TPSA) is 59.1 Å². The van der Waals surface area contributed by atoms with E-state index in [-0.39, 0.29) is 11.3 Å². The van der Waals surface area contributed by atoms with E-state index >= 15 is 0 Å². The summed E-state index contributed by atoms with van der Waals surface area (Å²) in [7, 11) is 0. The Hall–Kier alpha value is -0.570. The van der Waals surface area contributed by atoms with Crippen LogP contribution in [0.5, 0.6) is 0 Å². The van der Waals surface area contributed by atoms with Crippen molar-refractivity contribution in [1.29, 1.82) is 5.41 Å². The zero-order chi connectivity index (χ0) is 13.1. The molecule has 3 N–H and O–H groups in total. The molecule has 0 aliphatic heterocycles. The minimum Gasteiger partial charge on any atom is -0.387 e. The van der Waals surface area contributed by atoms with Gasteiger partial charge in [-0.2, -0.15) is 0 Å². The highest BCUT2D eigenvalue weighted by Gasteiger charge is 2.26. The Kier molecular flexibility index (Phi) is 4.99. The predicted molar refractivity (Wildman–Crippen MR) is 72.2 cm³/mol. The number of hydrogen-bond donors (Lipinski definition) is 2. The zero-order valence-corrected chi connectivity index (χ0v) is 11.8. The summed E-state index contributed by atoms with van der Waals surface area (Å²) in [5, 5.41) is 7.51. The van der Waals surface area contributed by atoms with Gasteiger partial charge in [-0.1, -0.05) is 27.7 Å². The third-order valence-corrected chi connectivity index (χ3v) is 3.95. The van der Waals surface area contributed by atoms with Gasteiger partial charge in [0, 0.05) is 12.0 Å². The Bertz CT molecular complexity index is 253. The number of rotatable bonds is 5. The molecule has 0 bridgehead atoms. The monoisotopic (exact) mass is 240 g/mol. The molecule has 0 saturated heterocycles. The Morgan fingerprint density at radius 1 is 1.24 bits per heavy atom. The van der Waals surface area contributed by atoms with E-state index in [9.17, 15) is 0 Å². The molecular formula is C14H28N2O. The second-order valence-electron chi connectivity index (χ2n) is 6.46. The van der Waals surface area contributed by atoms with Crippen LogP contribution in [0, 0.1) is 22.7 Å². The number of amidine groups is 1. The first-order chi connectivity index (χ1) is 7.81. The molecule has 2 atom stereocenters. The summed E-state index contributed by atoms with van der Waals surface area (Å²) < 4.78 is 5.96. The number of hydrogen-bond acceptors (Lipinski definition) is 2. The molecule has 3 nitrogen and oxygen atoms in total. The van der Waals surface area contributed by atoms with E-state index in [0.29, 0.717) is 6.10 Å². The molecule has 0 aromatic rings. The molecule has 1 fully saturated rings. The first kappa shape index (κ1) is 14.5. The van der Waals surface area contributed by atoms with Gasteiger partial charge in [0.2, 0.25) is 0 Å². The molecule has 0 spiro atoms. The normalized spacial score (nSPS) is 30.2. The predicted octanol–water partition coefficient (Wildman–Crippen LogP) is 3.18. The van der Waals surface area contributed by atoms with Crippen LogP contribution < -0.4 is 5.73 Å². The summed E-state index contributed by atoms with van der Waals surface area (Å²) in [5.74, 6) is 1.82. The van der Waals surface area contributed by atoms with Crippen LogP contribution in [-0.2, 0) is 4.74 Å². The smallest absolute Gasteiger partial charge is 0.0963 e. The summed E-state index contributed by atoms with van der Waals surface area (Å²) in [6.07, 6.45) is 4.95. The standard InChI is InChI=1S/C14H28N2O/c1-10-7-11(2)9-12(8-10)17-6-5-14(3,4)13(15)16/h10-12H,5-9H2,1-4H3,(H3,15,16). The van der Waals surface area contributed by atoms with Crippen molar-refractivity contribution in [3.8, 4) is 0 Å². The van der Waals surface area contributed by atoms with E-state index in [4.69, 9.17) is 15.9 Å². The maximum Gasteiger partial charge on any atom is 0.0963 e. The Balaban J connectivity index is 2.29. The van der Waals surface area contributed by atoms with Gasteiger partial charge < -0.3 is 10.5 Å². The van der Waals surface area contributed by atoms with Crippen LogP contribution in [0.25, 0.3) is 0 Å². The van der Waals surface area contributed by atoms with Gasteiger partial charge in [0.05, 0.1) is 11.9 Å². The lowest BCUT2D eigenvalue weighted by Gasteiger charge is -2.32. The van der Waals surface area contributed by atoms with Crippen molar-refractivity contribution in [1.82, 2.24) is 0 Å². The Morgan fingerprint density at radius 3 is 2.24 bits per heavy atom. The van der Waals surface area contributed by atoms with Crippen molar-refractivity contribution in [2.45, 2.75) is 59.5 Å². The lowest BCUT2D eigenvalue weighted by atomic mass is 9.81. The summed E-state index contributed by atoms with van der Waals surface area (Å²) in [5.41, 5.74) is 5.33. The summed E-state index contributed by atoms with van der Waals surface area (Å²) in [6, 6.07) is 0. The third kappa shape index (κ3) is 4.66. The third-order valence-electron chi connectivity index (χ3n) is 3.95. The van der Waals surface area contributed by atoms with Crippen LogP contribution >= 0.6 is 0 Å². The molecular weight excluding hydrogens is 212 g/mol. The molecule has 17 heavy (non-hydrogen) atoms. The van der Waals surface area contributed by atoms with Crippen molar-refractivity contribution in [3.63, 3.8) is 0 Å². The molecule has 0 amide bonds. The average molecular weight is 240 g/mol. The lowest BCUT2D eigenvalue weighted by molar-refractivity contribution is -0.00585. The molecule has 0 aromatic heterocycles. The van der Waals surface area contributed by atoms with Crippen LogP contribution in [0.3, 0.4) is 0 Å². The molecule has 1 saturated carbocycles. The Labute approximate surface area is 106 Å². The Morgan fingerprint density at radius 2 is 1.76 bits per heavy atom. The molecule has 100 valence electrons. The van der Waals surface area contributed by atoms with Crippen LogP contribution in [0.1, 0.15) is 53.4 Å². The zero-order valence-electron chi connectivity index (χ0n) is 11.8. The number of nitrogens with two attached hydrogens (primary N) is 1. The van der Waals surface area contributed by atoms with Crippen molar-refractivity contribution in [2.24, 2.45) is 23.0 Å². The highest BCUT2D eigenvalue weighted by Crippen LogP contribution is 2.31. The average Bonchev–Trinajstić information content (AvgIpc) is 2.15. The van der Waals surface area contributed by atoms with Gasteiger partial charge in [-0.25, -0.2) is 0 Å². The number of ether oxygens (including phenoxy) is 1. The molecule has 0 heterocycles. The quantitative estimate of drug-likeness (QED) is 0.573. The van der Waals surface area contributed by atoms with Gasteiger partial charge in [-0.05, 0) is 37.5 Å². The molecule has 1 aliphatic rings. The molecule has 0 aromatic carbocycles. The fourth-order valence-corrected chi connectivity index (χ4v) is 2.62. The number of nitrogens with one attached hydrogen (secondary N) is 1. The molecule has 1 aliphatic carbocycles. The van der Waals surface area contributed by atoms with Gasteiger partial charge in [0.15, 0.2) is 0 Å². The van der Waals surface area contributed by atoms with E-state index in [0.717, 1.165) is 24.9 Å². The highest BCUT2D eigenvalue weighted by molar-refractivity contribution is 5.82. The minimum absolute atomic E-state index is 0.230. The van der Waals surface area contributed by atoms with Crippen molar-refractivity contribution in [2.75, 3.05) is 6.61 Å². The maximum atomic E-state index is 7.51. The van der Waals surface area contributed by atoms with Crippen LogP contribution in [0.4, 0.5) is 0 Å². The van der Waals surface area contributed by atoms with E-state index in [1.165, 1.54) is 19.3 Å². The second kappa shape index (κ2) is 5.85. The van der Waals surface area contributed by atoms with Crippen LogP contribution in [0.15, 0.2) is 0 Å². The van der Waals surface area contributed by atoms with Crippen molar-refractivity contribution >= 4 is 5.84 Å². The first-order valence-electron chi connectivity index (χ1n) is 6.77. The van der Waals surface area contributed by atoms with Crippen LogP contribution in [0.2, 0.25) is 0 Å². The van der Waals surface area contributed by atoms with E-state index in [1.54, 1.807) is 0 Å². The first-order valence-corrected chi connectivity index (χ1v) is 6.77. The van der Waals surface area contributed by atoms with Crippen LogP contribution in [-0.4, -0.2) is 18.5 Å². The van der Waals surface area contributed by atoms with Gasteiger partial charge in [0.1, 0.15) is 0 Å². The van der Waals surface area contributed by atoms with E-state index < -0.39 is 0 Å². The van der Waals surface area contributed by atoms with E-state index in [1.807, 2.05) is 13.8 Å². The van der Waals surface area contributed by atoms with Crippen molar-refractivity contribution in [3.05, 3.63) is 0 Å². The van der Waals surface area contributed by atoms with Gasteiger partial charge in [-0.3, -0.25) is 5.41 Å². The second-order valence-corrected chi connectivity index (χ2v) is 6.46. The molecule has 3 heteroatoms. The summed E-state index contributed by atoms with van der Waals surface area (Å²) in [6.45, 7) is 9.35. The SMILES string of the molecule is CC1CC(C)CC(OCCC(C)(C)C(=N)N)C1. The molecule has 0 radical (unpaired) electrons. The maximum absolute atomic E-state index is 7.51. The molecule has 2 unspecified atom stereocenters. The van der Waals surface area contributed by atoms with Gasteiger partial charge in [0.25, 0.3) is 0 Å². The summed E-state index contributed by atoms with van der Waals surface area (Å²) in [4.78, 5) is 0.